The second-order valence-electron chi connectivity index (χ2n) is 2.98. The molecule has 0 aliphatic rings. The molecule has 0 aliphatic heterocycles. The quantitative estimate of drug-likeness (QED) is 0.282. The van der Waals surface area contributed by atoms with Gasteiger partial charge in [-0.3, -0.25) is 15.4 Å². The third-order valence-electron chi connectivity index (χ3n) is 1.84. The molecule has 1 aromatic heterocycles. The molecule has 15 heavy (non-hydrogen) atoms. The highest BCUT2D eigenvalue weighted by atomic mass is 15.3. The lowest BCUT2D eigenvalue weighted by molar-refractivity contribution is 0.837. The lowest BCUT2D eigenvalue weighted by Gasteiger charge is -2.05. The van der Waals surface area contributed by atoms with E-state index in [0.717, 1.165) is 18.7 Å². The SMILES string of the molecule is CCNC(=NCCc1ccccn1)NN. The monoisotopic (exact) mass is 207 g/mol. The minimum absolute atomic E-state index is 0.619. The van der Waals surface area contributed by atoms with Crippen molar-refractivity contribution < 1.29 is 0 Å². The number of nitrogens with zero attached hydrogens (tertiary/aromatic N) is 2. The van der Waals surface area contributed by atoms with Gasteiger partial charge in [-0.2, -0.15) is 0 Å². The molecule has 0 aromatic carbocycles. The van der Waals surface area contributed by atoms with Gasteiger partial charge in [-0.05, 0) is 19.1 Å². The Kier molecular flexibility index (Phi) is 5.18. The standard InChI is InChI=1S/C10H17N5/c1-2-12-10(15-11)14-8-6-9-5-3-4-7-13-9/h3-5,7H,2,6,8,11H2,1H3,(H2,12,14,15). The Hall–Kier alpha value is -1.62. The van der Waals surface area contributed by atoms with Gasteiger partial charge in [0.25, 0.3) is 0 Å². The van der Waals surface area contributed by atoms with Crippen LogP contribution in [0.2, 0.25) is 0 Å². The first-order chi connectivity index (χ1) is 7.36. The molecule has 5 heteroatoms. The van der Waals surface area contributed by atoms with Crippen LogP contribution >= 0.6 is 0 Å². The van der Waals surface area contributed by atoms with Crippen molar-refractivity contribution in [2.45, 2.75) is 13.3 Å². The molecule has 5 nitrogen and oxygen atoms in total. The highest BCUT2D eigenvalue weighted by molar-refractivity contribution is 5.79. The summed E-state index contributed by atoms with van der Waals surface area (Å²) < 4.78 is 0. The van der Waals surface area contributed by atoms with E-state index in [1.54, 1.807) is 6.20 Å². The second kappa shape index (κ2) is 6.78. The number of nitrogens with two attached hydrogens (primary N) is 1. The Morgan fingerprint density at radius 1 is 1.53 bits per heavy atom. The number of hydrogen-bond acceptors (Lipinski definition) is 3. The fourth-order valence-corrected chi connectivity index (χ4v) is 1.15. The van der Waals surface area contributed by atoms with E-state index in [4.69, 9.17) is 5.84 Å². The van der Waals surface area contributed by atoms with Crippen LogP contribution < -0.4 is 16.6 Å². The summed E-state index contributed by atoms with van der Waals surface area (Å²) in [6.07, 6.45) is 2.60. The molecule has 1 aromatic rings. The van der Waals surface area contributed by atoms with Crippen LogP contribution in [0.5, 0.6) is 0 Å². The van der Waals surface area contributed by atoms with Gasteiger partial charge in [0.2, 0.25) is 5.96 Å². The molecule has 0 unspecified atom stereocenters. The summed E-state index contributed by atoms with van der Waals surface area (Å²) in [6.45, 7) is 3.46. The van der Waals surface area contributed by atoms with E-state index < -0.39 is 0 Å². The zero-order valence-corrected chi connectivity index (χ0v) is 8.90. The molecular formula is C10H17N5. The van der Waals surface area contributed by atoms with Gasteiger partial charge in [0.15, 0.2) is 0 Å². The molecule has 0 saturated heterocycles. The van der Waals surface area contributed by atoms with E-state index in [1.807, 2.05) is 25.1 Å². The zero-order chi connectivity index (χ0) is 10.9. The summed E-state index contributed by atoms with van der Waals surface area (Å²) in [6, 6.07) is 5.86. The Morgan fingerprint density at radius 2 is 2.40 bits per heavy atom. The van der Waals surface area contributed by atoms with Crippen molar-refractivity contribution in [1.82, 2.24) is 15.7 Å². The van der Waals surface area contributed by atoms with Crippen LogP contribution in [0.25, 0.3) is 0 Å². The van der Waals surface area contributed by atoms with Crippen molar-refractivity contribution in [3.05, 3.63) is 30.1 Å². The maximum absolute atomic E-state index is 5.28. The minimum atomic E-state index is 0.619. The Bertz CT molecular complexity index is 296. The summed E-state index contributed by atoms with van der Waals surface area (Å²) in [7, 11) is 0. The Balaban J connectivity index is 2.37. The second-order valence-corrected chi connectivity index (χ2v) is 2.98. The number of aliphatic imine (C=N–C) groups is 1. The van der Waals surface area contributed by atoms with E-state index in [1.165, 1.54) is 0 Å². The maximum Gasteiger partial charge on any atom is 0.205 e. The lowest BCUT2D eigenvalue weighted by atomic mass is 10.3. The molecule has 0 bridgehead atoms. The van der Waals surface area contributed by atoms with Crippen molar-refractivity contribution in [3.63, 3.8) is 0 Å². The van der Waals surface area contributed by atoms with Gasteiger partial charge < -0.3 is 5.32 Å². The van der Waals surface area contributed by atoms with Gasteiger partial charge in [-0.1, -0.05) is 6.07 Å². The smallest absolute Gasteiger partial charge is 0.205 e. The highest BCUT2D eigenvalue weighted by Crippen LogP contribution is 1.94. The van der Waals surface area contributed by atoms with Gasteiger partial charge in [-0.15, -0.1) is 0 Å². The molecule has 0 fully saturated rings. The van der Waals surface area contributed by atoms with E-state index in [-0.39, 0.29) is 0 Å². The summed E-state index contributed by atoms with van der Waals surface area (Å²) >= 11 is 0. The fraction of sp³-hybridized carbons (Fsp3) is 0.400. The third-order valence-corrected chi connectivity index (χ3v) is 1.84. The normalized spacial score (nSPS) is 11.2. The number of pyridine rings is 1. The average molecular weight is 207 g/mol. The molecule has 0 saturated carbocycles. The van der Waals surface area contributed by atoms with Crippen molar-refractivity contribution in [3.8, 4) is 0 Å². The molecule has 82 valence electrons. The minimum Gasteiger partial charge on any atom is -0.356 e. The molecule has 0 atom stereocenters. The molecule has 4 N–H and O–H groups in total. The van der Waals surface area contributed by atoms with Crippen LogP contribution in [-0.4, -0.2) is 24.0 Å². The molecule has 0 radical (unpaired) electrons. The molecule has 0 spiro atoms. The summed E-state index contributed by atoms with van der Waals surface area (Å²) in [5, 5.41) is 3.01. The largest absolute Gasteiger partial charge is 0.356 e. The summed E-state index contributed by atoms with van der Waals surface area (Å²) in [5.41, 5.74) is 3.54. The first kappa shape index (κ1) is 11.5. The van der Waals surface area contributed by atoms with E-state index >= 15 is 0 Å². The van der Waals surface area contributed by atoms with Gasteiger partial charge in [0, 0.05) is 31.4 Å². The zero-order valence-electron chi connectivity index (χ0n) is 8.90. The van der Waals surface area contributed by atoms with E-state index in [2.05, 4.69) is 20.7 Å². The van der Waals surface area contributed by atoms with Crippen LogP contribution in [0.15, 0.2) is 29.4 Å². The number of hydrogen-bond donors (Lipinski definition) is 3. The third kappa shape index (κ3) is 4.42. The van der Waals surface area contributed by atoms with Crippen LogP contribution in [0, 0.1) is 0 Å². The Labute approximate surface area is 89.8 Å². The number of nitrogens with one attached hydrogen (secondary N) is 2. The number of rotatable bonds is 4. The molecule has 0 amide bonds. The van der Waals surface area contributed by atoms with Crippen molar-refractivity contribution in [2.75, 3.05) is 13.1 Å². The van der Waals surface area contributed by atoms with E-state index in [9.17, 15) is 0 Å². The first-order valence-corrected chi connectivity index (χ1v) is 5.01. The van der Waals surface area contributed by atoms with Gasteiger partial charge >= 0.3 is 0 Å². The summed E-state index contributed by atoms with van der Waals surface area (Å²) in [4.78, 5) is 8.46. The Morgan fingerprint density at radius 3 is 3.00 bits per heavy atom. The predicted octanol–water partition coefficient (Wildman–Crippen LogP) is 0.0529. The topological polar surface area (TPSA) is 75.3 Å². The van der Waals surface area contributed by atoms with Crippen LogP contribution in [0.4, 0.5) is 0 Å². The first-order valence-electron chi connectivity index (χ1n) is 5.01. The van der Waals surface area contributed by atoms with E-state index in [0.29, 0.717) is 12.5 Å². The summed E-state index contributed by atoms with van der Waals surface area (Å²) in [5.74, 6) is 5.90. The average Bonchev–Trinajstić information content (AvgIpc) is 2.29. The predicted molar refractivity (Wildman–Crippen MR) is 61.2 cm³/mol. The van der Waals surface area contributed by atoms with Crippen LogP contribution in [0.3, 0.4) is 0 Å². The molecule has 1 heterocycles. The molecule has 0 aliphatic carbocycles. The number of hydrazine groups is 1. The van der Waals surface area contributed by atoms with Gasteiger partial charge in [0.1, 0.15) is 0 Å². The van der Waals surface area contributed by atoms with Crippen LogP contribution in [-0.2, 0) is 6.42 Å². The maximum atomic E-state index is 5.28. The highest BCUT2D eigenvalue weighted by Gasteiger charge is 1.94. The van der Waals surface area contributed by atoms with Gasteiger partial charge in [0.05, 0.1) is 0 Å². The van der Waals surface area contributed by atoms with Crippen molar-refractivity contribution >= 4 is 5.96 Å². The molecular weight excluding hydrogens is 190 g/mol. The van der Waals surface area contributed by atoms with Crippen molar-refractivity contribution in [1.29, 1.82) is 0 Å². The lowest BCUT2D eigenvalue weighted by Crippen LogP contribution is -2.41. The number of aromatic nitrogens is 1. The van der Waals surface area contributed by atoms with Crippen molar-refractivity contribution in [2.24, 2.45) is 10.8 Å². The molecule has 1 rings (SSSR count). The van der Waals surface area contributed by atoms with Gasteiger partial charge in [-0.25, -0.2) is 5.84 Å². The number of guanidine groups is 1. The van der Waals surface area contributed by atoms with Crippen LogP contribution in [0.1, 0.15) is 12.6 Å². The fourth-order valence-electron chi connectivity index (χ4n) is 1.15.